The van der Waals surface area contributed by atoms with Crippen molar-refractivity contribution in [1.82, 2.24) is 10.6 Å². The molecule has 4 nitrogen and oxygen atoms in total. The summed E-state index contributed by atoms with van der Waals surface area (Å²) in [6, 6.07) is 0. The van der Waals surface area contributed by atoms with Crippen molar-refractivity contribution in [3.63, 3.8) is 0 Å². The maximum absolute atomic E-state index is 12.4. The van der Waals surface area contributed by atoms with E-state index in [-0.39, 0.29) is 5.91 Å². The molecule has 4 aliphatic rings. The van der Waals surface area contributed by atoms with E-state index in [2.05, 4.69) is 10.6 Å². The van der Waals surface area contributed by atoms with E-state index in [9.17, 15) is 22.8 Å². The van der Waals surface area contributed by atoms with Gasteiger partial charge in [-0.25, -0.2) is 0 Å². The lowest BCUT2D eigenvalue weighted by Crippen LogP contribution is -2.66. The largest absolute Gasteiger partial charge is 0.405 e. The average molecular weight is 318 g/mol. The molecule has 124 valence electrons. The fourth-order valence-electron chi connectivity index (χ4n) is 5.42. The summed E-state index contributed by atoms with van der Waals surface area (Å²) in [5.41, 5.74) is -1.14. The van der Waals surface area contributed by atoms with E-state index in [0.29, 0.717) is 31.1 Å². The molecule has 0 spiro atoms. The zero-order chi connectivity index (χ0) is 16.2. The Morgan fingerprint density at radius 1 is 1.14 bits per heavy atom. The summed E-state index contributed by atoms with van der Waals surface area (Å²) in [7, 11) is 0. The number of hydrogen-bond donors (Lipinski definition) is 2. The molecule has 2 unspecified atom stereocenters. The molecule has 22 heavy (non-hydrogen) atoms. The van der Waals surface area contributed by atoms with Gasteiger partial charge in [0.1, 0.15) is 6.54 Å². The van der Waals surface area contributed by atoms with Crippen LogP contribution in [0.1, 0.15) is 45.4 Å². The highest BCUT2D eigenvalue weighted by Crippen LogP contribution is 2.61. The average Bonchev–Trinajstić information content (AvgIpc) is 2.31. The number of carbonyl (C=O) groups is 2. The van der Waals surface area contributed by atoms with Crippen molar-refractivity contribution in [1.29, 1.82) is 0 Å². The fraction of sp³-hybridized carbons (Fsp3) is 0.867. The normalized spacial score (nSPS) is 39.6. The lowest BCUT2D eigenvalue weighted by atomic mass is 9.46. The van der Waals surface area contributed by atoms with Crippen LogP contribution in [-0.4, -0.2) is 30.1 Å². The van der Waals surface area contributed by atoms with E-state index < -0.39 is 29.6 Å². The molecule has 0 radical (unpaired) electrons. The molecule has 0 heterocycles. The Balaban J connectivity index is 1.78. The second-order valence-corrected chi connectivity index (χ2v) is 7.50. The molecule has 2 N–H and O–H groups in total. The molecule has 0 aromatic rings. The van der Waals surface area contributed by atoms with Crippen molar-refractivity contribution in [3.05, 3.63) is 0 Å². The van der Waals surface area contributed by atoms with Gasteiger partial charge in [0, 0.05) is 12.5 Å². The zero-order valence-electron chi connectivity index (χ0n) is 12.6. The van der Waals surface area contributed by atoms with Crippen molar-refractivity contribution in [3.8, 4) is 0 Å². The number of nitrogens with one attached hydrogen (secondary N) is 2. The van der Waals surface area contributed by atoms with Gasteiger partial charge in [0.2, 0.25) is 11.8 Å². The Morgan fingerprint density at radius 2 is 1.73 bits per heavy atom. The summed E-state index contributed by atoms with van der Waals surface area (Å²) in [5.74, 6) is 0.0240. The molecule has 4 rings (SSSR count). The van der Waals surface area contributed by atoms with Crippen LogP contribution in [0.5, 0.6) is 0 Å². The predicted molar refractivity (Wildman–Crippen MR) is 72.7 cm³/mol. The Kier molecular flexibility index (Phi) is 3.45. The molecule has 0 aliphatic heterocycles. The molecule has 4 fully saturated rings. The smallest absolute Gasteiger partial charge is 0.351 e. The number of halogens is 3. The minimum Gasteiger partial charge on any atom is -0.351 e. The van der Waals surface area contributed by atoms with Crippen molar-refractivity contribution >= 4 is 11.8 Å². The predicted octanol–water partition coefficient (Wildman–Crippen LogP) is 2.14. The van der Waals surface area contributed by atoms with E-state index in [1.807, 2.05) is 0 Å². The number of hydrogen-bond acceptors (Lipinski definition) is 2. The van der Waals surface area contributed by atoms with Gasteiger partial charge in [-0.05, 0) is 50.4 Å². The first kappa shape index (κ1) is 15.6. The van der Waals surface area contributed by atoms with Crippen LogP contribution in [-0.2, 0) is 9.59 Å². The summed E-state index contributed by atoms with van der Waals surface area (Å²) >= 11 is 0. The molecule has 0 saturated heterocycles. The van der Waals surface area contributed by atoms with Crippen LogP contribution in [0, 0.1) is 17.3 Å². The third-order valence-electron chi connectivity index (χ3n) is 5.43. The lowest BCUT2D eigenvalue weighted by Gasteiger charge is -2.61. The molecule has 7 heteroatoms. The van der Waals surface area contributed by atoms with Gasteiger partial charge in [-0.3, -0.25) is 9.59 Å². The Hall–Kier alpha value is -1.27. The summed E-state index contributed by atoms with van der Waals surface area (Å²) in [4.78, 5) is 23.9. The fourth-order valence-corrected chi connectivity index (χ4v) is 5.42. The maximum atomic E-state index is 12.4. The van der Waals surface area contributed by atoms with E-state index in [1.54, 1.807) is 0 Å². The molecular weight excluding hydrogens is 297 g/mol. The van der Waals surface area contributed by atoms with Gasteiger partial charge in [0.15, 0.2) is 0 Å². The van der Waals surface area contributed by atoms with Gasteiger partial charge in [0.25, 0.3) is 0 Å². The number of carbonyl (C=O) groups excluding carboxylic acids is 2. The monoisotopic (exact) mass is 318 g/mol. The number of rotatable bonds is 3. The Morgan fingerprint density at radius 3 is 2.23 bits per heavy atom. The van der Waals surface area contributed by atoms with Gasteiger partial charge in [-0.2, -0.15) is 13.2 Å². The second kappa shape index (κ2) is 4.86. The molecular formula is C15H21F3N2O2. The van der Waals surface area contributed by atoms with Gasteiger partial charge < -0.3 is 10.6 Å². The van der Waals surface area contributed by atoms with Crippen LogP contribution in [0.2, 0.25) is 0 Å². The first-order valence-corrected chi connectivity index (χ1v) is 7.75. The second-order valence-electron chi connectivity index (χ2n) is 7.50. The molecule has 4 aliphatic carbocycles. The van der Waals surface area contributed by atoms with Crippen LogP contribution in [0.25, 0.3) is 0 Å². The number of alkyl halides is 3. The minimum atomic E-state index is -4.40. The summed E-state index contributed by atoms with van der Waals surface area (Å²) in [6.07, 6.45) is 0.0804. The first-order chi connectivity index (χ1) is 10.1. The Labute approximate surface area is 127 Å². The van der Waals surface area contributed by atoms with Crippen molar-refractivity contribution in [2.24, 2.45) is 17.3 Å². The summed E-state index contributed by atoms with van der Waals surface area (Å²) < 4.78 is 37.1. The van der Waals surface area contributed by atoms with Crippen LogP contribution in [0.15, 0.2) is 0 Å². The van der Waals surface area contributed by atoms with E-state index in [4.69, 9.17) is 0 Å². The van der Waals surface area contributed by atoms with Gasteiger partial charge in [0.05, 0.1) is 5.41 Å². The molecule has 4 saturated carbocycles. The van der Waals surface area contributed by atoms with Crippen LogP contribution >= 0.6 is 0 Å². The SMILES string of the molecule is CC(=O)NC12C[C@H]3C[C@@H](C1)CC(C(=O)NCC(F)(F)F)(C3)C2. The minimum absolute atomic E-state index is 0.132. The highest BCUT2D eigenvalue weighted by molar-refractivity contribution is 5.84. The standard InChI is InChI=1S/C15H21F3N2O2/c1-9(21)20-14-5-10-2-11(6-14)4-13(3-10,7-14)12(22)19-8-15(16,17)18/h10-11H,2-8H2,1H3,(H,19,22)(H,20,21)/t10-,11+,13?,14?. The quantitative estimate of drug-likeness (QED) is 0.837. The third-order valence-corrected chi connectivity index (χ3v) is 5.43. The molecule has 0 aromatic heterocycles. The van der Waals surface area contributed by atoms with E-state index in [1.165, 1.54) is 6.92 Å². The van der Waals surface area contributed by atoms with Gasteiger partial charge in [-0.1, -0.05) is 0 Å². The van der Waals surface area contributed by atoms with Gasteiger partial charge in [-0.15, -0.1) is 0 Å². The molecule has 4 bridgehead atoms. The molecule has 2 amide bonds. The van der Waals surface area contributed by atoms with Crippen LogP contribution < -0.4 is 10.6 Å². The summed E-state index contributed by atoms with van der Waals surface area (Å²) in [6.45, 7) is 0.172. The number of amides is 2. The Bertz CT molecular complexity index is 490. The highest BCUT2D eigenvalue weighted by Gasteiger charge is 2.61. The zero-order valence-corrected chi connectivity index (χ0v) is 12.6. The third kappa shape index (κ3) is 2.82. The van der Waals surface area contributed by atoms with Crippen molar-refractivity contribution in [2.75, 3.05) is 6.54 Å². The van der Waals surface area contributed by atoms with Gasteiger partial charge >= 0.3 is 6.18 Å². The van der Waals surface area contributed by atoms with Crippen LogP contribution in [0.3, 0.4) is 0 Å². The molecule has 4 atom stereocenters. The maximum Gasteiger partial charge on any atom is 0.405 e. The lowest BCUT2D eigenvalue weighted by molar-refractivity contribution is -0.160. The first-order valence-electron chi connectivity index (χ1n) is 7.75. The van der Waals surface area contributed by atoms with Crippen molar-refractivity contribution < 1.29 is 22.8 Å². The highest BCUT2D eigenvalue weighted by atomic mass is 19.4. The van der Waals surface area contributed by atoms with Crippen molar-refractivity contribution in [2.45, 2.75) is 57.2 Å². The van der Waals surface area contributed by atoms with E-state index >= 15 is 0 Å². The summed E-state index contributed by atoms with van der Waals surface area (Å²) in [5, 5.41) is 5.07. The van der Waals surface area contributed by atoms with E-state index in [0.717, 1.165) is 19.3 Å². The molecule has 0 aromatic carbocycles. The topological polar surface area (TPSA) is 58.2 Å². The van der Waals surface area contributed by atoms with Crippen LogP contribution in [0.4, 0.5) is 13.2 Å².